The van der Waals surface area contributed by atoms with Crippen molar-refractivity contribution in [3.8, 4) is 5.75 Å². The number of ether oxygens (including phenoxy) is 2. The molecular formula is C24H27ClFN3O3S. The first-order valence-corrected chi connectivity index (χ1v) is 12.3. The molecule has 1 saturated heterocycles. The lowest BCUT2D eigenvalue weighted by molar-refractivity contribution is -0.0112. The third kappa shape index (κ3) is 5.62. The van der Waals surface area contributed by atoms with Gasteiger partial charge in [0.1, 0.15) is 18.2 Å². The van der Waals surface area contributed by atoms with E-state index in [0.717, 1.165) is 30.8 Å². The van der Waals surface area contributed by atoms with Crippen LogP contribution in [0.5, 0.6) is 5.75 Å². The number of hydrogen-bond donors (Lipinski definition) is 1. The van der Waals surface area contributed by atoms with Crippen molar-refractivity contribution in [3.05, 3.63) is 69.7 Å². The van der Waals surface area contributed by atoms with Gasteiger partial charge in [0.15, 0.2) is 5.50 Å². The third-order valence-corrected chi connectivity index (χ3v) is 7.13. The minimum atomic E-state index is -0.519. The summed E-state index contributed by atoms with van der Waals surface area (Å²) in [7, 11) is 0. The highest BCUT2D eigenvalue weighted by molar-refractivity contribution is 8.03. The summed E-state index contributed by atoms with van der Waals surface area (Å²) in [5.74, 6) is -0.257. The summed E-state index contributed by atoms with van der Waals surface area (Å²) in [6.45, 7) is 5.00. The summed E-state index contributed by atoms with van der Waals surface area (Å²) in [6.07, 6.45) is 6.52. The molecule has 0 saturated carbocycles. The molecule has 4 rings (SSSR count). The lowest BCUT2D eigenvalue weighted by atomic mass is 10.1. The van der Waals surface area contributed by atoms with Crippen LogP contribution >= 0.6 is 23.4 Å². The van der Waals surface area contributed by atoms with Crippen LogP contribution in [0.3, 0.4) is 0 Å². The van der Waals surface area contributed by atoms with E-state index in [4.69, 9.17) is 21.1 Å². The minimum absolute atomic E-state index is 0.0123. The molecule has 0 spiro atoms. The molecule has 3 atom stereocenters. The molecule has 2 aromatic rings. The molecule has 1 N–H and O–H groups in total. The van der Waals surface area contributed by atoms with Gasteiger partial charge in [0, 0.05) is 23.9 Å². The van der Waals surface area contributed by atoms with Gasteiger partial charge in [0.05, 0.1) is 28.4 Å². The number of thioether (sulfide) groups is 1. The maximum absolute atomic E-state index is 14.0. The van der Waals surface area contributed by atoms with E-state index < -0.39 is 11.3 Å². The van der Waals surface area contributed by atoms with E-state index >= 15 is 0 Å². The molecule has 1 amide bonds. The molecule has 6 nitrogen and oxygen atoms in total. The molecule has 1 fully saturated rings. The van der Waals surface area contributed by atoms with Crippen LogP contribution in [0.15, 0.2) is 47.6 Å². The molecule has 0 bridgehead atoms. The molecule has 176 valence electrons. The van der Waals surface area contributed by atoms with Gasteiger partial charge in [-0.05, 0) is 51.3 Å². The molecule has 2 aliphatic rings. The number of halogens is 2. The van der Waals surface area contributed by atoms with Crippen molar-refractivity contribution in [2.45, 2.75) is 50.8 Å². The van der Waals surface area contributed by atoms with E-state index in [-0.39, 0.29) is 23.1 Å². The van der Waals surface area contributed by atoms with Gasteiger partial charge < -0.3 is 19.7 Å². The van der Waals surface area contributed by atoms with Crippen LogP contribution in [0.25, 0.3) is 0 Å². The summed E-state index contributed by atoms with van der Waals surface area (Å²) in [4.78, 5) is 20.4. The average Bonchev–Trinajstić information content (AvgIpc) is 3.19. The summed E-state index contributed by atoms with van der Waals surface area (Å²) in [6, 6.07) is 8.06. The van der Waals surface area contributed by atoms with E-state index in [1.54, 1.807) is 18.2 Å². The number of nitrogens with one attached hydrogen (secondary N) is 1. The molecule has 9 heteroatoms. The number of carbonyl (C=O) groups is 1. The largest absolute Gasteiger partial charge is 0.490 e. The first-order chi connectivity index (χ1) is 15.9. The summed E-state index contributed by atoms with van der Waals surface area (Å²) >= 11 is 7.67. The van der Waals surface area contributed by atoms with Gasteiger partial charge in [-0.1, -0.05) is 35.5 Å². The second kappa shape index (κ2) is 10.8. The highest BCUT2D eigenvalue weighted by Crippen LogP contribution is 2.38. The number of benzene rings is 1. The lowest BCUT2D eigenvalue weighted by Gasteiger charge is -2.31. The number of pyridine rings is 1. The molecule has 1 aromatic carbocycles. The average molecular weight is 492 g/mol. The monoisotopic (exact) mass is 491 g/mol. The van der Waals surface area contributed by atoms with Gasteiger partial charge in [-0.15, -0.1) is 0 Å². The predicted molar refractivity (Wildman–Crippen MR) is 128 cm³/mol. The summed E-state index contributed by atoms with van der Waals surface area (Å²) in [5.41, 5.74) is 0.468. The molecule has 3 heterocycles. The van der Waals surface area contributed by atoms with Crippen LogP contribution in [0.2, 0.25) is 5.02 Å². The highest BCUT2D eigenvalue weighted by Gasteiger charge is 2.32. The van der Waals surface area contributed by atoms with Crippen molar-refractivity contribution in [1.82, 2.24) is 15.2 Å². The van der Waals surface area contributed by atoms with E-state index in [0.29, 0.717) is 23.6 Å². The van der Waals surface area contributed by atoms with E-state index in [1.165, 1.54) is 24.0 Å². The summed E-state index contributed by atoms with van der Waals surface area (Å²) in [5, 5.41) is 3.05. The van der Waals surface area contributed by atoms with Crippen LogP contribution in [-0.4, -0.2) is 40.6 Å². The van der Waals surface area contributed by atoms with Gasteiger partial charge in [-0.2, -0.15) is 0 Å². The zero-order chi connectivity index (χ0) is 23.4. The highest BCUT2D eigenvalue weighted by atomic mass is 35.5. The van der Waals surface area contributed by atoms with E-state index in [2.05, 4.69) is 10.3 Å². The standard InChI is InChI=1S/C24H27ClFN3O3S/c1-15-13-29(16(2)22-21(25)19(26)10-11-27-22)24(33-15)28-23(30)18-8-3-4-9-20(18)32-14-17-7-5-6-12-31-17/h3-4,8-11,13,16-17,24H,5-7,12,14H2,1-2H3,(H,28,30). The Morgan fingerprint density at radius 3 is 3.00 bits per heavy atom. The Morgan fingerprint density at radius 1 is 1.39 bits per heavy atom. The number of rotatable bonds is 7. The van der Waals surface area contributed by atoms with Crippen molar-refractivity contribution in [2.75, 3.05) is 13.2 Å². The Bertz CT molecular complexity index is 1030. The second-order valence-electron chi connectivity index (χ2n) is 8.09. The Morgan fingerprint density at radius 2 is 2.21 bits per heavy atom. The van der Waals surface area contributed by atoms with Crippen molar-refractivity contribution in [3.63, 3.8) is 0 Å². The van der Waals surface area contributed by atoms with Crippen LogP contribution in [-0.2, 0) is 4.74 Å². The van der Waals surface area contributed by atoms with Crippen molar-refractivity contribution in [1.29, 1.82) is 0 Å². The van der Waals surface area contributed by atoms with Gasteiger partial charge in [0.25, 0.3) is 5.91 Å². The fourth-order valence-electron chi connectivity index (χ4n) is 3.92. The van der Waals surface area contributed by atoms with Gasteiger partial charge in [0.2, 0.25) is 0 Å². The molecule has 0 radical (unpaired) electrons. The first-order valence-electron chi connectivity index (χ1n) is 11.0. The normalized spacial score (nSPS) is 21.5. The number of nitrogens with zero attached hydrogens (tertiary/aromatic N) is 2. The van der Waals surface area contributed by atoms with Crippen LogP contribution < -0.4 is 10.1 Å². The number of aromatic nitrogens is 1. The third-order valence-electron chi connectivity index (χ3n) is 5.70. The minimum Gasteiger partial charge on any atom is -0.490 e. The van der Waals surface area contributed by atoms with Gasteiger partial charge in [-0.3, -0.25) is 9.78 Å². The Hall–Kier alpha value is -2.29. The van der Waals surface area contributed by atoms with Crippen molar-refractivity contribution >= 4 is 29.3 Å². The molecule has 3 unspecified atom stereocenters. The molecule has 0 aliphatic carbocycles. The number of para-hydroxylation sites is 1. The topological polar surface area (TPSA) is 63.7 Å². The quantitative estimate of drug-likeness (QED) is 0.551. The van der Waals surface area contributed by atoms with Crippen molar-refractivity contribution in [2.24, 2.45) is 0 Å². The smallest absolute Gasteiger partial charge is 0.257 e. The zero-order valence-electron chi connectivity index (χ0n) is 18.6. The number of amides is 1. The molecule has 1 aromatic heterocycles. The predicted octanol–water partition coefficient (Wildman–Crippen LogP) is 5.51. The maximum atomic E-state index is 14.0. The maximum Gasteiger partial charge on any atom is 0.257 e. The Kier molecular flexibility index (Phi) is 7.78. The molecular weight excluding hydrogens is 465 g/mol. The fraction of sp³-hybridized carbons (Fsp3) is 0.417. The number of allylic oxidation sites excluding steroid dienone is 1. The SMILES string of the molecule is CC1=CN(C(C)c2nccc(F)c2Cl)C(NC(=O)c2ccccc2OCC2CCCCO2)S1. The van der Waals surface area contributed by atoms with Crippen LogP contribution in [0, 0.1) is 5.82 Å². The Labute approximate surface area is 202 Å². The van der Waals surface area contributed by atoms with Crippen LogP contribution in [0.4, 0.5) is 4.39 Å². The van der Waals surface area contributed by atoms with Gasteiger partial charge >= 0.3 is 0 Å². The molecule has 33 heavy (non-hydrogen) atoms. The van der Waals surface area contributed by atoms with Gasteiger partial charge in [-0.25, -0.2) is 4.39 Å². The van der Waals surface area contributed by atoms with E-state index in [1.807, 2.05) is 31.0 Å². The van der Waals surface area contributed by atoms with E-state index in [9.17, 15) is 9.18 Å². The number of carbonyl (C=O) groups excluding carboxylic acids is 1. The van der Waals surface area contributed by atoms with Crippen LogP contribution in [0.1, 0.15) is 55.2 Å². The molecule has 2 aliphatic heterocycles. The number of hydrogen-bond acceptors (Lipinski definition) is 6. The summed E-state index contributed by atoms with van der Waals surface area (Å²) < 4.78 is 25.7. The second-order valence-corrected chi connectivity index (χ2v) is 9.80. The fourth-order valence-corrected chi connectivity index (χ4v) is 5.26. The zero-order valence-corrected chi connectivity index (χ0v) is 20.2. The van der Waals surface area contributed by atoms with Crippen molar-refractivity contribution < 1.29 is 18.7 Å². The first kappa shape index (κ1) is 23.9. The lowest BCUT2D eigenvalue weighted by Crippen LogP contribution is -2.43. The Balaban J connectivity index is 1.47.